The number of nitrogens with two attached hydrogens (primary N) is 1. The Kier molecular flexibility index (Phi) is 3.67. The first kappa shape index (κ1) is 12.4. The van der Waals surface area contributed by atoms with Crippen molar-refractivity contribution < 1.29 is 0 Å². The van der Waals surface area contributed by atoms with Crippen LogP contribution >= 0.6 is 11.8 Å². The van der Waals surface area contributed by atoms with Gasteiger partial charge in [-0.1, -0.05) is 19.9 Å². The van der Waals surface area contributed by atoms with Crippen LogP contribution in [0.4, 0.5) is 5.69 Å². The Bertz CT molecular complexity index is 514. The van der Waals surface area contributed by atoms with Crippen molar-refractivity contribution in [1.82, 2.24) is 4.57 Å². The Morgan fingerprint density at radius 1 is 1.35 bits per heavy atom. The highest BCUT2D eigenvalue weighted by atomic mass is 32.2. The summed E-state index contributed by atoms with van der Waals surface area (Å²) >= 11 is 1.97. The zero-order valence-corrected chi connectivity index (χ0v) is 11.6. The lowest BCUT2D eigenvalue weighted by atomic mass is 10.2. The molecule has 17 heavy (non-hydrogen) atoms. The normalized spacial score (nSPS) is 11.5. The molecule has 0 radical (unpaired) electrons. The molecule has 0 fully saturated rings. The molecule has 2 N–H and O–H groups in total. The smallest absolute Gasteiger partial charge is 0.0503 e. The summed E-state index contributed by atoms with van der Waals surface area (Å²) in [4.78, 5) is 0. The van der Waals surface area contributed by atoms with Gasteiger partial charge in [-0.25, -0.2) is 0 Å². The molecule has 0 saturated heterocycles. The van der Waals surface area contributed by atoms with Gasteiger partial charge in [0.25, 0.3) is 0 Å². The number of benzene rings is 1. The fraction of sp³-hybridized carbons (Fsp3) is 0.429. The summed E-state index contributed by atoms with van der Waals surface area (Å²) in [6.07, 6.45) is 0. The molecule has 2 nitrogen and oxygen atoms in total. The molecule has 0 atom stereocenters. The van der Waals surface area contributed by atoms with Crippen LogP contribution in [0, 0.1) is 0 Å². The summed E-state index contributed by atoms with van der Waals surface area (Å²) in [6.45, 7) is 7.66. The van der Waals surface area contributed by atoms with E-state index >= 15 is 0 Å². The van der Waals surface area contributed by atoms with Crippen LogP contribution in [0.5, 0.6) is 0 Å². The monoisotopic (exact) mass is 248 g/mol. The second-order valence-electron chi connectivity index (χ2n) is 4.52. The number of rotatable bonds is 4. The van der Waals surface area contributed by atoms with E-state index in [1.54, 1.807) is 0 Å². The maximum Gasteiger partial charge on any atom is 0.0503 e. The number of aromatic nitrogens is 1. The van der Waals surface area contributed by atoms with Gasteiger partial charge in [0.15, 0.2) is 0 Å². The Balaban J connectivity index is 2.44. The first-order valence-corrected chi connectivity index (χ1v) is 7.16. The van der Waals surface area contributed by atoms with E-state index in [0.717, 1.165) is 18.0 Å². The Hall–Kier alpha value is -1.09. The van der Waals surface area contributed by atoms with Gasteiger partial charge in [0.2, 0.25) is 0 Å². The maximum absolute atomic E-state index is 6.03. The lowest BCUT2D eigenvalue weighted by Crippen LogP contribution is -2.00. The predicted molar refractivity (Wildman–Crippen MR) is 78.5 cm³/mol. The highest BCUT2D eigenvalue weighted by molar-refractivity contribution is 7.99. The number of nitrogens with zero attached hydrogens (tertiary/aromatic N) is 1. The van der Waals surface area contributed by atoms with Crippen molar-refractivity contribution in [3.8, 4) is 0 Å². The summed E-state index contributed by atoms with van der Waals surface area (Å²) in [6, 6.07) is 8.40. The van der Waals surface area contributed by atoms with Crippen LogP contribution in [0.3, 0.4) is 0 Å². The second-order valence-corrected chi connectivity index (χ2v) is 6.08. The van der Waals surface area contributed by atoms with Crippen LogP contribution in [0.25, 0.3) is 10.9 Å². The van der Waals surface area contributed by atoms with Gasteiger partial charge >= 0.3 is 0 Å². The van der Waals surface area contributed by atoms with Crippen molar-refractivity contribution in [3.05, 3.63) is 30.0 Å². The van der Waals surface area contributed by atoms with Crippen molar-refractivity contribution >= 4 is 28.4 Å². The zero-order valence-electron chi connectivity index (χ0n) is 10.7. The van der Waals surface area contributed by atoms with Gasteiger partial charge in [0.05, 0.1) is 5.52 Å². The van der Waals surface area contributed by atoms with Crippen LogP contribution in [-0.2, 0) is 12.3 Å². The molecular formula is C14H20N2S. The molecule has 2 aromatic rings. The van der Waals surface area contributed by atoms with Crippen molar-refractivity contribution in [1.29, 1.82) is 0 Å². The van der Waals surface area contributed by atoms with Gasteiger partial charge in [-0.2, -0.15) is 11.8 Å². The Labute approximate surface area is 107 Å². The van der Waals surface area contributed by atoms with Gasteiger partial charge in [-0.05, 0) is 30.4 Å². The molecule has 0 aliphatic rings. The molecule has 1 heterocycles. The van der Waals surface area contributed by atoms with Crippen LogP contribution in [0.2, 0.25) is 0 Å². The minimum atomic E-state index is 0.663. The van der Waals surface area contributed by atoms with E-state index in [1.807, 2.05) is 23.9 Å². The average Bonchev–Trinajstić information content (AvgIpc) is 2.65. The maximum atomic E-state index is 6.03. The second kappa shape index (κ2) is 5.05. The Morgan fingerprint density at radius 2 is 2.12 bits per heavy atom. The van der Waals surface area contributed by atoms with Crippen molar-refractivity contribution in [3.63, 3.8) is 0 Å². The SMILES string of the molecule is CCn1c(CSC(C)C)cc2c(N)cccc21. The molecule has 0 unspecified atom stereocenters. The molecule has 0 aliphatic carbocycles. The summed E-state index contributed by atoms with van der Waals surface area (Å²) in [5.74, 6) is 1.06. The molecule has 0 spiro atoms. The van der Waals surface area contributed by atoms with Gasteiger partial charge in [0.1, 0.15) is 0 Å². The van der Waals surface area contributed by atoms with E-state index in [9.17, 15) is 0 Å². The van der Waals surface area contributed by atoms with E-state index in [4.69, 9.17) is 5.73 Å². The third-order valence-corrected chi connectivity index (χ3v) is 4.08. The third-order valence-electron chi connectivity index (χ3n) is 2.95. The number of nitrogen functional groups attached to an aromatic ring is 1. The van der Waals surface area contributed by atoms with E-state index in [0.29, 0.717) is 5.25 Å². The molecule has 3 heteroatoms. The quantitative estimate of drug-likeness (QED) is 0.832. The number of hydrogen-bond donors (Lipinski definition) is 1. The van der Waals surface area contributed by atoms with Crippen molar-refractivity contribution in [2.45, 2.75) is 38.3 Å². The van der Waals surface area contributed by atoms with Crippen LogP contribution < -0.4 is 5.73 Å². The zero-order chi connectivity index (χ0) is 12.4. The minimum Gasteiger partial charge on any atom is -0.398 e. The minimum absolute atomic E-state index is 0.663. The van der Waals surface area contributed by atoms with Gasteiger partial charge in [-0.15, -0.1) is 0 Å². The predicted octanol–water partition coefficient (Wildman–Crippen LogP) is 3.89. The summed E-state index contributed by atoms with van der Waals surface area (Å²) in [5, 5.41) is 1.85. The molecule has 0 saturated carbocycles. The third kappa shape index (κ3) is 2.44. The molecule has 92 valence electrons. The molecule has 2 rings (SSSR count). The fourth-order valence-corrected chi connectivity index (χ4v) is 2.85. The lowest BCUT2D eigenvalue weighted by molar-refractivity contribution is 0.765. The van der Waals surface area contributed by atoms with E-state index in [1.165, 1.54) is 16.6 Å². The molecule has 1 aromatic carbocycles. The van der Waals surface area contributed by atoms with Crippen molar-refractivity contribution in [2.24, 2.45) is 0 Å². The topological polar surface area (TPSA) is 30.9 Å². The van der Waals surface area contributed by atoms with E-state index in [-0.39, 0.29) is 0 Å². The lowest BCUT2D eigenvalue weighted by Gasteiger charge is -2.09. The van der Waals surface area contributed by atoms with Gasteiger partial charge in [-0.3, -0.25) is 0 Å². The van der Waals surface area contributed by atoms with E-state index < -0.39 is 0 Å². The van der Waals surface area contributed by atoms with Crippen LogP contribution in [0.1, 0.15) is 26.5 Å². The number of aryl methyl sites for hydroxylation is 1. The van der Waals surface area contributed by atoms with Gasteiger partial charge < -0.3 is 10.3 Å². The number of hydrogen-bond acceptors (Lipinski definition) is 2. The van der Waals surface area contributed by atoms with Crippen LogP contribution in [0.15, 0.2) is 24.3 Å². The largest absolute Gasteiger partial charge is 0.398 e. The summed E-state index contributed by atoms with van der Waals surface area (Å²) < 4.78 is 2.36. The molecule has 0 amide bonds. The molecular weight excluding hydrogens is 228 g/mol. The van der Waals surface area contributed by atoms with E-state index in [2.05, 4.69) is 37.5 Å². The van der Waals surface area contributed by atoms with Crippen molar-refractivity contribution in [2.75, 3.05) is 5.73 Å². The standard InChI is InChI=1S/C14H20N2S/c1-4-16-11(9-17-10(2)3)8-12-13(15)6-5-7-14(12)16/h5-8,10H,4,9,15H2,1-3H3. The molecule has 0 aliphatic heterocycles. The van der Waals surface area contributed by atoms with Gasteiger partial charge in [0, 0.05) is 29.1 Å². The summed E-state index contributed by atoms with van der Waals surface area (Å²) in [7, 11) is 0. The number of thioether (sulfide) groups is 1. The number of anilines is 1. The van der Waals surface area contributed by atoms with Crippen LogP contribution in [-0.4, -0.2) is 9.82 Å². The number of fused-ring (bicyclic) bond motifs is 1. The summed E-state index contributed by atoms with van der Waals surface area (Å²) in [5.41, 5.74) is 9.54. The highest BCUT2D eigenvalue weighted by Gasteiger charge is 2.09. The highest BCUT2D eigenvalue weighted by Crippen LogP contribution is 2.28. The first-order valence-electron chi connectivity index (χ1n) is 6.11. The Morgan fingerprint density at radius 3 is 2.76 bits per heavy atom. The molecule has 1 aromatic heterocycles. The first-order chi connectivity index (χ1) is 8.13. The average molecular weight is 248 g/mol. The fourth-order valence-electron chi connectivity index (χ4n) is 2.11. The molecule has 0 bridgehead atoms.